The molecule has 0 amide bonds. The van der Waals surface area contributed by atoms with Gasteiger partial charge in [0.1, 0.15) is 0 Å². The molecule has 0 bridgehead atoms. The first-order chi connectivity index (χ1) is 17.1. The summed E-state index contributed by atoms with van der Waals surface area (Å²) in [5.74, 6) is 5.20. The molecule has 0 aromatic rings. The molecule has 1 saturated heterocycles. The van der Waals surface area contributed by atoms with Crippen LogP contribution in [0.25, 0.3) is 0 Å². The van der Waals surface area contributed by atoms with Crippen LogP contribution < -0.4 is 0 Å². The molecule has 4 fully saturated rings. The molecule has 35 heavy (non-hydrogen) atoms. The highest BCUT2D eigenvalue weighted by molar-refractivity contribution is 4.91. The number of unbranched alkanes of at least 4 members (excludes halogenated alkanes) is 1. The summed E-state index contributed by atoms with van der Waals surface area (Å²) in [7, 11) is 0. The van der Waals surface area contributed by atoms with E-state index in [2.05, 4.69) is 6.58 Å². The van der Waals surface area contributed by atoms with Gasteiger partial charge in [0.05, 0.1) is 13.2 Å². The Morgan fingerprint density at radius 1 is 0.657 bits per heavy atom. The second kappa shape index (κ2) is 14.3. The molecule has 1 aliphatic heterocycles. The summed E-state index contributed by atoms with van der Waals surface area (Å²) in [6, 6.07) is 0. The van der Waals surface area contributed by atoms with Gasteiger partial charge < -0.3 is 9.47 Å². The van der Waals surface area contributed by atoms with Crippen LogP contribution in [0.5, 0.6) is 0 Å². The van der Waals surface area contributed by atoms with Gasteiger partial charge in [-0.1, -0.05) is 44.6 Å². The van der Waals surface area contributed by atoms with Crippen molar-refractivity contribution in [1.29, 1.82) is 0 Å². The highest BCUT2D eigenvalue weighted by atomic mass is 19.3. The number of halogens is 2. The summed E-state index contributed by atoms with van der Waals surface area (Å²) in [5.41, 5.74) is 0. The van der Waals surface area contributed by atoms with Gasteiger partial charge in [0.2, 0.25) is 0 Å². The van der Waals surface area contributed by atoms with Gasteiger partial charge in [-0.15, -0.1) is 6.58 Å². The lowest BCUT2D eigenvalue weighted by atomic mass is 9.67. The Labute approximate surface area is 213 Å². The van der Waals surface area contributed by atoms with Crippen molar-refractivity contribution in [3.05, 3.63) is 24.8 Å². The minimum Gasteiger partial charge on any atom is -0.352 e. The Kier molecular flexibility index (Phi) is 11.1. The number of hydrogen-bond donors (Lipinski definition) is 0. The van der Waals surface area contributed by atoms with Crippen molar-refractivity contribution in [2.24, 2.45) is 41.4 Å². The molecular formula is C31H50F2O2. The first kappa shape index (κ1) is 27.3. The van der Waals surface area contributed by atoms with Crippen LogP contribution in [0.15, 0.2) is 24.8 Å². The van der Waals surface area contributed by atoms with Gasteiger partial charge in [-0.3, -0.25) is 0 Å². The molecule has 0 N–H and O–H groups in total. The monoisotopic (exact) mass is 492 g/mol. The third kappa shape index (κ3) is 8.66. The van der Waals surface area contributed by atoms with Crippen LogP contribution in [0.2, 0.25) is 0 Å². The second-order valence-corrected chi connectivity index (χ2v) is 12.4. The lowest BCUT2D eigenvalue weighted by Crippen LogP contribution is -2.37. The van der Waals surface area contributed by atoms with Crippen molar-refractivity contribution in [3.8, 4) is 0 Å². The SMILES string of the molecule is C=CCC1OCC(C2CCC(C3CCC(CCCCC4CCC(C=C(F)F)CC4)CC3)CC2)CO1. The fraction of sp³-hybridized carbons (Fsp3) is 0.871. The van der Waals surface area contributed by atoms with Gasteiger partial charge >= 0.3 is 0 Å². The highest BCUT2D eigenvalue weighted by Crippen LogP contribution is 2.44. The van der Waals surface area contributed by atoms with Crippen molar-refractivity contribution in [3.63, 3.8) is 0 Å². The summed E-state index contributed by atoms with van der Waals surface area (Å²) < 4.78 is 36.7. The van der Waals surface area contributed by atoms with Gasteiger partial charge in [0, 0.05) is 12.3 Å². The first-order valence-corrected chi connectivity index (χ1v) is 15.0. The molecule has 3 aliphatic carbocycles. The van der Waals surface area contributed by atoms with Gasteiger partial charge in [0.25, 0.3) is 6.08 Å². The van der Waals surface area contributed by atoms with Crippen LogP contribution in [-0.2, 0) is 9.47 Å². The Morgan fingerprint density at radius 3 is 1.60 bits per heavy atom. The van der Waals surface area contributed by atoms with Crippen molar-refractivity contribution in [1.82, 2.24) is 0 Å². The zero-order chi connectivity index (χ0) is 24.5. The first-order valence-electron chi connectivity index (χ1n) is 15.0. The van der Waals surface area contributed by atoms with Gasteiger partial charge in [-0.2, -0.15) is 8.78 Å². The molecule has 4 rings (SSSR count). The molecule has 0 aromatic heterocycles. The van der Waals surface area contributed by atoms with Crippen LogP contribution in [0.3, 0.4) is 0 Å². The van der Waals surface area contributed by atoms with Crippen LogP contribution in [0.4, 0.5) is 8.78 Å². The summed E-state index contributed by atoms with van der Waals surface area (Å²) in [6.45, 7) is 5.53. The average molecular weight is 493 g/mol. The molecule has 0 unspecified atom stereocenters. The minimum absolute atomic E-state index is 0.0617. The topological polar surface area (TPSA) is 18.5 Å². The number of hydrogen-bond acceptors (Lipinski definition) is 2. The molecule has 3 saturated carbocycles. The third-order valence-corrected chi connectivity index (χ3v) is 10.1. The van der Waals surface area contributed by atoms with E-state index < -0.39 is 6.08 Å². The molecule has 1 heterocycles. The zero-order valence-electron chi connectivity index (χ0n) is 22.0. The van der Waals surface area contributed by atoms with Crippen LogP contribution in [0, 0.1) is 41.4 Å². The zero-order valence-corrected chi connectivity index (χ0v) is 22.0. The number of rotatable bonds is 10. The fourth-order valence-corrected chi connectivity index (χ4v) is 7.83. The number of ether oxygens (including phenoxy) is 2. The van der Waals surface area contributed by atoms with Gasteiger partial charge in [-0.25, -0.2) is 0 Å². The summed E-state index contributed by atoms with van der Waals surface area (Å²) in [4.78, 5) is 0. The summed E-state index contributed by atoms with van der Waals surface area (Å²) in [5, 5.41) is 0. The van der Waals surface area contributed by atoms with Crippen molar-refractivity contribution in [2.45, 2.75) is 115 Å². The van der Waals surface area contributed by atoms with Crippen LogP contribution >= 0.6 is 0 Å². The molecule has 200 valence electrons. The smallest absolute Gasteiger partial charge is 0.266 e. The minimum atomic E-state index is -1.49. The predicted octanol–water partition coefficient (Wildman–Crippen LogP) is 9.31. The molecule has 4 aliphatic rings. The number of allylic oxidation sites excluding steroid dienone is 1. The lowest BCUT2D eigenvalue weighted by molar-refractivity contribution is -0.208. The van der Waals surface area contributed by atoms with Crippen molar-refractivity contribution in [2.75, 3.05) is 13.2 Å². The largest absolute Gasteiger partial charge is 0.352 e. The third-order valence-electron chi connectivity index (χ3n) is 10.1. The van der Waals surface area contributed by atoms with E-state index in [9.17, 15) is 8.78 Å². The second-order valence-electron chi connectivity index (χ2n) is 12.4. The highest BCUT2D eigenvalue weighted by Gasteiger charge is 2.35. The van der Waals surface area contributed by atoms with E-state index in [4.69, 9.17) is 9.47 Å². The fourth-order valence-electron chi connectivity index (χ4n) is 7.83. The van der Waals surface area contributed by atoms with E-state index in [1.807, 2.05) is 6.08 Å². The Bertz CT molecular complexity index is 628. The Balaban J connectivity index is 1.04. The van der Waals surface area contributed by atoms with E-state index in [0.717, 1.165) is 74.9 Å². The normalized spacial score (nSPS) is 38.6. The Morgan fingerprint density at radius 2 is 1.11 bits per heavy atom. The maximum atomic E-state index is 12.4. The molecule has 0 aromatic carbocycles. The van der Waals surface area contributed by atoms with E-state index in [-0.39, 0.29) is 12.2 Å². The van der Waals surface area contributed by atoms with Gasteiger partial charge in [0.15, 0.2) is 6.29 Å². The van der Waals surface area contributed by atoms with E-state index in [1.54, 1.807) is 0 Å². The molecule has 0 radical (unpaired) electrons. The molecule has 0 spiro atoms. The van der Waals surface area contributed by atoms with E-state index in [0.29, 0.717) is 5.92 Å². The van der Waals surface area contributed by atoms with Crippen molar-refractivity contribution < 1.29 is 18.3 Å². The van der Waals surface area contributed by atoms with E-state index in [1.165, 1.54) is 83.1 Å². The predicted molar refractivity (Wildman–Crippen MR) is 139 cm³/mol. The van der Waals surface area contributed by atoms with Crippen LogP contribution in [-0.4, -0.2) is 19.5 Å². The maximum Gasteiger partial charge on any atom is 0.266 e. The summed E-state index contributed by atoms with van der Waals surface area (Å²) >= 11 is 0. The van der Waals surface area contributed by atoms with Gasteiger partial charge in [-0.05, 0) is 106 Å². The maximum absolute atomic E-state index is 12.4. The molecular weight excluding hydrogens is 442 g/mol. The molecule has 2 nitrogen and oxygen atoms in total. The van der Waals surface area contributed by atoms with Crippen molar-refractivity contribution >= 4 is 0 Å². The molecule has 0 atom stereocenters. The summed E-state index contributed by atoms with van der Waals surface area (Å²) in [6.07, 6.45) is 23.4. The van der Waals surface area contributed by atoms with Crippen LogP contribution in [0.1, 0.15) is 109 Å². The Hall–Kier alpha value is -0.740. The standard InChI is InChI=1S/C31H50F2O2/c1-2-5-31-34-21-29(22-35-31)28-18-16-27(17-19-28)26-14-12-24(13-15-26)7-4-3-6-23-8-10-25(11-9-23)20-30(32)33/h2,20,23-29,31H,1,3-19,21-22H2. The lowest BCUT2D eigenvalue weighted by Gasteiger charge is -2.41. The van der Waals surface area contributed by atoms with E-state index >= 15 is 0 Å². The average Bonchev–Trinajstić information content (AvgIpc) is 2.88. The molecule has 4 heteroatoms. The quantitative estimate of drug-likeness (QED) is 0.223.